The molecule has 0 aliphatic rings. The molecule has 64 valence electrons. The highest BCUT2D eigenvalue weighted by Crippen LogP contribution is 2.05. The van der Waals surface area contributed by atoms with Crippen LogP contribution in [-0.2, 0) is 0 Å². The zero-order chi connectivity index (χ0) is 8.69. The van der Waals surface area contributed by atoms with Crippen molar-refractivity contribution >= 4 is 0 Å². The Morgan fingerprint density at radius 2 is 2.00 bits per heavy atom. The first-order chi connectivity index (χ1) is 5.20. The molecule has 0 heterocycles. The SMILES string of the molecule is CC=C(CO)CCC=C(C)C. The Bertz CT molecular complexity index is 150. The molecule has 0 aliphatic carbocycles. The van der Waals surface area contributed by atoms with Crippen molar-refractivity contribution in [3.05, 3.63) is 23.3 Å². The highest BCUT2D eigenvalue weighted by Gasteiger charge is 1.90. The van der Waals surface area contributed by atoms with E-state index in [0.29, 0.717) is 0 Å². The molecule has 0 aromatic heterocycles. The normalized spacial score (nSPS) is 11.5. The lowest BCUT2D eigenvalue weighted by Crippen LogP contribution is -1.88. The number of hydrogen-bond acceptors (Lipinski definition) is 1. The molecule has 1 N–H and O–H groups in total. The van der Waals surface area contributed by atoms with Gasteiger partial charge in [-0.3, -0.25) is 0 Å². The smallest absolute Gasteiger partial charge is 0.0641 e. The summed E-state index contributed by atoms with van der Waals surface area (Å²) in [5, 5.41) is 8.80. The third kappa shape index (κ3) is 5.86. The molecule has 1 nitrogen and oxygen atoms in total. The van der Waals surface area contributed by atoms with Crippen molar-refractivity contribution in [1.82, 2.24) is 0 Å². The Balaban J connectivity index is 3.61. The lowest BCUT2D eigenvalue weighted by Gasteiger charge is -1.99. The van der Waals surface area contributed by atoms with Crippen molar-refractivity contribution < 1.29 is 5.11 Å². The molecule has 0 fully saturated rings. The van der Waals surface area contributed by atoms with Gasteiger partial charge in [0, 0.05) is 0 Å². The van der Waals surface area contributed by atoms with Crippen LogP contribution in [0, 0.1) is 0 Å². The third-order valence-electron chi connectivity index (χ3n) is 1.63. The molecule has 0 saturated carbocycles. The minimum atomic E-state index is 0.201. The molecular weight excluding hydrogens is 136 g/mol. The topological polar surface area (TPSA) is 20.2 Å². The molecule has 0 saturated heterocycles. The monoisotopic (exact) mass is 154 g/mol. The molecule has 0 unspecified atom stereocenters. The molecule has 0 spiro atoms. The lowest BCUT2D eigenvalue weighted by atomic mass is 10.1. The van der Waals surface area contributed by atoms with Crippen molar-refractivity contribution in [3.63, 3.8) is 0 Å². The van der Waals surface area contributed by atoms with E-state index in [1.165, 1.54) is 5.57 Å². The maximum Gasteiger partial charge on any atom is 0.0641 e. The van der Waals surface area contributed by atoms with Gasteiger partial charge in [0.2, 0.25) is 0 Å². The van der Waals surface area contributed by atoms with Crippen LogP contribution in [0.2, 0.25) is 0 Å². The summed E-state index contributed by atoms with van der Waals surface area (Å²) in [6.07, 6.45) is 6.21. The predicted molar refractivity (Wildman–Crippen MR) is 49.5 cm³/mol. The van der Waals surface area contributed by atoms with Crippen LogP contribution in [0.3, 0.4) is 0 Å². The molecule has 1 heteroatoms. The molecule has 0 amide bonds. The van der Waals surface area contributed by atoms with Crippen molar-refractivity contribution in [1.29, 1.82) is 0 Å². The number of hydrogen-bond donors (Lipinski definition) is 1. The fourth-order valence-corrected chi connectivity index (χ4v) is 0.861. The summed E-state index contributed by atoms with van der Waals surface area (Å²) in [6.45, 7) is 6.35. The molecule has 0 bridgehead atoms. The van der Waals surface area contributed by atoms with Crippen molar-refractivity contribution in [2.75, 3.05) is 6.61 Å². The summed E-state index contributed by atoms with van der Waals surface area (Å²) in [5.41, 5.74) is 2.47. The van der Waals surface area contributed by atoms with Gasteiger partial charge in [-0.25, -0.2) is 0 Å². The average Bonchev–Trinajstić information content (AvgIpc) is 1.98. The molecule has 0 aliphatic heterocycles. The molecular formula is C10H18O. The number of aliphatic hydroxyl groups excluding tert-OH is 1. The first-order valence-corrected chi connectivity index (χ1v) is 4.09. The average molecular weight is 154 g/mol. The number of rotatable bonds is 4. The van der Waals surface area contributed by atoms with Crippen LogP contribution in [0.4, 0.5) is 0 Å². The fraction of sp³-hybridized carbons (Fsp3) is 0.600. The molecule has 0 aromatic carbocycles. The van der Waals surface area contributed by atoms with Gasteiger partial charge in [-0.05, 0) is 39.2 Å². The van der Waals surface area contributed by atoms with E-state index >= 15 is 0 Å². The highest BCUT2D eigenvalue weighted by molar-refractivity contribution is 5.03. The fourth-order valence-electron chi connectivity index (χ4n) is 0.861. The lowest BCUT2D eigenvalue weighted by molar-refractivity contribution is 0.326. The molecule has 0 atom stereocenters. The Morgan fingerprint density at radius 3 is 2.36 bits per heavy atom. The van der Waals surface area contributed by atoms with Crippen LogP contribution in [0.15, 0.2) is 23.3 Å². The molecule has 0 radical (unpaired) electrons. The van der Waals surface area contributed by atoms with Crippen LogP contribution >= 0.6 is 0 Å². The second kappa shape index (κ2) is 6.17. The van der Waals surface area contributed by atoms with Gasteiger partial charge in [0.15, 0.2) is 0 Å². The van der Waals surface area contributed by atoms with E-state index in [1.807, 2.05) is 13.0 Å². The maximum absolute atomic E-state index is 8.80. The summed E-state index contributed by atoms with van der Waals surface area (Å²) in [5.74, 6) is 0. The second-order valence-corrected chi connectivity index (χ2v) is 2.93. The molecule has 0 aromatic rings. The summed E-state index contributed by atoms with van der Waals surface area (Å²) in [4.78, 5) is 0. The van der Waals surface area contributed by atoms with E-state index in [2.05, 4.69) is 19.9 Å². The summed E-state index contributed by atoms with van der Waals surface area (Å²) in [6, 6.07) is 0. The number of allylic oxidation sites excluding steroid dienone is 3. The van der Waals surface area contributed by atoms with Gasteiger partial charge in [0.25, 0.3) is 0 Å². The van der Waals surface area contributed by atoms with Crippen LogP contribution in [0.1, 0.15) is 33.6 Å². The molecule has 11 heavy (non-hydrogen) atoms. The van der Waals surface area contributed by atoms with Crippen LogP contribution in [0.5, 0.6) is 0 Å². The van der Waals surface area contributed by atoms with Gasteiger partial charge in [0.1, 0.15) is 0 Å². The highest BCUT2D eigenvalue weighted by atomic mass is 16.3. The van der Waals surface area contributed by atoms with E-state index in [1.54, 1.807) is 0 Å². The zero-order valence-corrected chi connectivity index (χ0v) is 7.72. The third-order valence-corrected chi connectivity index (χ3v) is 1.63. The summed E-state index contributed by atoms with van der Waals surface area (Å²) in [7, 11) is 0. The van der Waals surface area contributed by atoms with Crippen LogP contribution in [0.25, 0.3) is 0 Å². The second-order valence-electron chi connectivity index (χ2n) is 2.93. The quantitative estimate of drug-likeness (QED) is 0.617. The van der Waals surface area contributed by atoms with Gasteiger partial charge < -0.3 is 5.11 Å². The van der Waals surface area contributed by atoms with Gasteiger partial charge in [-0.15, -0.1) is 0 Å². The zero-order valence-electron chi connectivity index (χ0n) is 7.72. The first kappa shape index (κ1) is 10.4. The minimum absolute atomic E-state index is 0.201. The predicted octanol–water partition coefficient (Wildman–Crippen LogP) is 2.67. The maximum atomic E-state index is 8.80. The van der Waals surface area contributed by atoms with E-state index in [9.17, 15) is 0 Å². The van der Waals surface area contributed by atoms with Crippen LogP contribution < -0.4 is 0 Å². The first-order valence-electron chi connectivity index (χ1n) is 4.09. The van der Waals surface area contributed by atoms with Crippen LogP contribution in [-0.4, -0.2) is 11.7 Å². The standard InChI is InChI=1S/C10H18O/c1-4-10(8-11)7-5-6-9(2)3/h4,6,11H,5,7-8H2,1-3H3. The van der Waals surface area contributed by atoms with Crippen molar-refractivity contribution in [2.45, 2.75) is 33.6 Å². The van der Waals surface area contributed by atoms with E-state index in [4.69, 9.17) is 5.11 Å². The number of aliphatic hydroxyl groups is 1. The Kier molecular flexibility index (Phi) is 5.86. The largest absolute Gasteiger partial charge is 0.392 e. The minimum Gasteiger partial charge on any atom is -0.392 e. The van der Waals surface area contributed by atoms with E-state index in [-0.39, 0.29) is 6.61 Å². The van der Waals surface area contributed by atoms with E-state index in [0.717, 1.165) is 18.4 Å². The van der Waals surface area contributed by atoms with Gasteiger partial charge >= 0.3 is 0 Å². The summed E-state index contributed by atoms with van der Waals surface area (Å²) < 4.78 is 0. The van der Waals surface area contributed by atoms with E-state index < -0.39 is 0 Å². The van der Waals surface area contributed by atoms with Gasteiger partial charge in [0.05, 0.1) is 6.61 Å². The van der Waals surface area contributed by atoms with Gasteiger partial charge in [-0.1, -0.05) is 17.7 Å². The molecule has 0 rings (SSSR count). The summed E-state index contributed by atoms with van der Waals surface area (Å²) >= 11 is 0. The van der Waals surface area contributed by atoms with Crippen molar-refractivity contribution in [2.24, 2.45) is 0 Å². The Labute approximate surface area is 69.4 Å². The van der Waals surface area contributed by atoms with Crippen molar-refractivity contribution in [3.8, 4) is 0 Å². The Hall–Kier alpha value is -0.560. The Morgan fingerprint density at radius 1 is 1.36 bits per heavy atom. The van der Waals surface area contributed by atoms with Gasteiger partial charge in [-0.2, -0.15) is 0 Å².